The first-order chi connectivity index (χ1) is 11.5. The van der Waals surface area contributed by atoms with Crippen LogP contribution in [0.25, 0.3) is 0 Å². The van der Waals surface area contributed by atoms with Gasteiger partial charge in [-0.25, -0.2) is 9.79 Å². The van der Waals surface area contributed by atoms with Gasteiger partial charge in [0.05, 0.1) is 0 Å². The lowest BCUT2D eigenvalue weighted by Crippen LogP contribution is -2.48. The fourth-order valence-electron chi connectivity index (χ4n) is 2.92. The van der Waals surface area contributed by atoms with Crippen LogP contribution in [-0.2, 0) is 16.0 Å². The standard InChI is InChI=1S/C21H21NO2/c1-4-20(2,3)21(15-16-11-7-5-8-12-16)19(23)24-18(22-21)17-13-9-6-10-14-17/h4-14H,1,15H2,2-3H3. The van der Waals surface area contributed by atoms with Crippen molar-refractivity contribution >= 4 is 11.9 Å². The Labute approximate surface area is 142 Å². The van der Waals surface area contributed by atoms with Crippen LogP contribution in [0.15, 0.2) is 78.3 Å². The van der Waals surface area contributed by atoms with E-state index in [0.29, 0.717) is 12.3 Å². The summed E-state index contributed by atoms with van der Waals surface area (Å²) in [4.78, 5) is 17.7. The topological polar surface area (TPSA) is 38.7 Å². The second-order valence-electron chi connectivity index (χ2n) is 6.62. The third kappa shape index (κ3) is 2.67. The number of hydrogen-bond acceptors (Lipinski definition) is 3. The first kappa shape index (κ1) is 16.2. The number of cyclic esters (lactones) is 1. The normalized spacial score (nSPS) is 20.4. The third-order valence-electron chi connectivity index (χ3n) is 4.72. The number of carbonyl (C=O) groups is 1. The molecule has 2 aromatic rings. The van der Waals surface area contributed by atoms with Crippen molar-refractivity contribution in [3.63, 3.8) is 0 Å². The van der Waals surface area contributed by atoms with Gasteiger partial charge in [0.25, 0.3) is 0 Å². The Morgan fingerprint density at radius 2 is 1.67 bits per heavy atom. The number of benzene rings is 2. The number of ether oxygens (including phenoxy) is 1. The summed E-state index contributed by atoms with van der Waals surface area (Å²) in [6, 6.07) is 19.4. The van der Waals surface area contributed by atoms with Crippen molar-refractivity contribution in [1.29, 1.82) is 0 Å². The smallest absolute Gasteiger partial charge is 0.342 e. The lowest BCUT2D eigenvalue weighted by Gasteiger charge is -2.36. The molecule has 1 atom stereocenters. The Bertz CT molecular complexity index is 778. The van der Waals surface area contributed by atoms with Crippen molar-refractivity contribution in [2.45, 2.75) is 25.8 Å². The molecule has 0 saturated carbocycles. The van der Waals surface area contributed by atoms with Gasteiger partial charge in [-0.2, -0.15) is 0 Å². The summed E-state index contributed by atoms with van der Waals surface area (Å²) in [6.07, 6.45) is 2.26. The van der Waals surface area contributed by atoms with E-state index in [9.17, 15) is 4.79 Å². The molecule has 0 spiro atoms. The predicted octanol–water partition coefficient (Wildman–Crippen LogP) is 4.18. The van der Waals surface area contributed by atoms with Crippen LogP contribution in [-0.4, -0.2) is 17.4 Å². The monoisotopic (exact) mass is 319 g/mol. The van der Waals surface area contributed by atoms with Crippen molar-refractivity contribution in [3.8, 4) is 0 Å². The van der Waals surface area contributed by atoms with Crippen molar-refractivity contribution < 1.29 is 9.53 Å². The minimum Gasteiger partial charge on any atom is -0.405 e. The number of rotatable bonds is 5. The average Bonchev–Trinajstić information content (AvgIpc) is 2.95. The maximum Gasteiger partial charge on any atom is 0.342 e. The number of aliphatic imine (C=N–C) groups is 1. The van der Waals surface area contributed by atoms with Crippen LogP contribution in [0.4, 0.5) is 0 Å². The van der Waals surface area contributed by atoms with Crippen LogP contribution in [0.2, 0.25) is 0 Å². The van der Waals surface area contributed by atoms with Crippen LogP contribution in [0.3, 0.4) is 0 Å². The second-order valence-corrected chi connectivity index (χ2v) is 6.62. The number of esters is 1. The zero-order valence-corrected chi connectivity index (χ0v) is 14.0. The minimum atomic E-state index is -1.01. The maximum atomic E-state index is 12.9. The van der Waals surface area contributed by atoms with Gasteiger partial charge in [0, 0.05) is 17.4 Å². The van der Waals surface area contributed by atoms with Crippen LogP contribution in [0.5, 0.6) is 0 Å². The SMILES string of the molecule is C=CC(C)(C)C1(Cc2ccccc2)N=C(c2ccccc2)OC1=O. The quantitative estimate of drug-likeness (QED) is 0.612. The zero-order valence-electron chi connectivity index (χ0n) is 14.0. The highest BCUT2D eigenvalue weighted by atomic mass is 16.6. The lowest BCUT2D eigenvalue weighted by molar-refractivity contribution is -0.142. The fraction of sp³-hybridized carbons (Fsp3) is 0.238. The molecule has 0 aromatic heterocycles. The molecule has 122 valence electrons. The molecule has 3 nitrogen and oxygen atoms in total. The zero-order chi connectivity index (χ0) is 17.2. The van der Waals surface area contributed by atoms with E-state index < -0.39 is 11.0 Å². The van der Waals surface area contributed by atoms with E-state index in [0.717, 1.165) is 11.1 Å². The summed E-state index contributed by atoms with van der Waals surface area (Å²) < 4.78 is 5.59. The summed E-state index contributed by atoms with van der Waals surface area (Å²) in [5.41, 5.74) is 0.292. The van der Waals surface area contributed by atoms with Crippen molar-refractivity contribution in [1.82, 2.24) is 0 Å². The van der Waals surface area contributed by atoms with Gasteiger partial charge >= 0.3 is 5.97 Å². The molecular weight excluding hydrogens is 298 g/mol. The van der Waals surface area contributed by atoms with Gasteiger partial charge in [-0.1, -0.05) is 68.5 Å². The van der Waals surface area contributed by atoms with Crippen molar-refractivity contribution in [2.75, 3.05) is 0 Å². The van der Waals surface area contributed by atoms with Crippen molar-refractivity contribution in [3.05, 3.63) is 84.4 Å². The van der Waals surface area contributed by atoms with Gasteiger partial charge in [0.2, 0.25) is 5.90 Å². The molecule has 0 radical (unpaired) electrons. The Morgan fingerprint density at radius 1 is 1.08 bits per heavy atom. The summed E-state index contributed by atoms with van der Waals surface area (Å²) in [5, 5.41) is 0. The van der Waals surface area contributed by atoms with E-state index in [-0.39, 0.29) is 5.97 Å². The molecule has 1 heterocycles. The molecular formula is C21H21NO2. The number of hydrogen-bond donors (Lipinski definition) is 0. The predicted molar refractivity (Wildman–Crippen MR) is 95.9 cm³/mol. The summed E-state index contributed by atoms with van der Waals surface area (Å²) in [7, 11) is 0. The van der Waals surface area contributed by atoms with Gasteiger partial charge in [-0.3, -0.25) is 0 Å². The highest BCUT2D eigenvalue weighted by Gasteiger charge is 2.55. The fourth-order valence-corrected chi connectivity index (χ4v) is 2.92. The first-order valence-corrected chi connectivity index (χ1v) is 8.03. The van der Waals surface area contributed by atoms with Crippen molar-refractivity contribution in [2.24, 2.45) is 10.4 Å². The highest BCUT2D eigenvalue weighted by Crippen LogP contribution is 2.43. The van der Waals surface area contributed by atoms with E-state index in [1.54, 1.807) is 6.08 Å². The lowest BCUT2D eigenvalue weighted by atomic mass is 9.69. The molecule has 2 aromatic carbocycles. The molecule has 24 heavy (non-hydrogen) atoms. The van der Waals surface area contributed by atoms with E-state index in [4.69, 9.17) is 9.73 Å². The molecule has 1 unspecified atom stereocenters. The van der Waals surface area contributed by atoms with Gasteiger partial charge in [-0.15, -0.1) is 6.58 Å². The van der Waals surface area contributed by atoms with Gasteiger partial charge < -0.3 is 4.74 Å². The molecule has 0 fully saturated rings. The van der Waals surface area contributed by atoms with Gasteiger partial charge in [-0.05, 0) is 17.7 Å². The maximum absolute atomic E-state index is 12.9. The molecule has 1 aliphatic rings. The molecule has 0 aliphatic carbocycles. The molecule has 0 saturated heterocycles. The van der Waals surface area contributed by atoms with Crippen LogP contribution >= 0.6 is 0 Å². The first-order valence-electron chi connectivity index (χ1n) is 8.03. The van der Waals surface area contributed by atoms with E-state index in [1.165, 1.54) is 0 Å². The van der Waals surface area contributed by atoms with Crippen LogP contribution < -0.4 is 0 Å². The summed E-state index contributed by atoms with van der Waals surface area (Å²) in [5.74, 6) is 0.0570. The molecule has 3 heteroatoms. The Kier molecular flexibility index (Phi) is 4.10. The third-order valence-corrected chi connectivity index (χ3v) is 4.72. The number of carbonyl (C=O) groups excluding carboxylic acids is 1. The summed E-state index contributed by atoms with van der Waals surface area (Å²) in [6.45, 7) is 7.87. The van der Waals surface area contributed by atoms with Crippen LogP contribution in [0, 0.1) is 5.41 Å². The molecule has 3 rings (SSSR count). The van der Waals surface area contributed by atoms with E-state index in [2.05, 4.69) is 6.58 Å². The second kappa shape index (κ2) is 6.08. The van der Waals surface area contributed by atoms with Gasteiger partial charge in [0.1, 0.15) is 0 Å². The number of nitrogens with zero attached hydrogens (tertiary/aromatic N) is 1. The molecule has 0 bridgehead atoms. The van der Waals surface area contributed by atoms with Crippen LogP contribution in [0.1, 0.15) is 25.0 Å². The minimum absolute atomic E-state index is 0.324. The van der Waals surface area contributed by atoms with Gasteiger partial charge in [0.15, 0.2) is 5.54 Å². The summed E-state index contributed by atoms with van der Waals surface area (Å²) >= 11 is 0. The highest BCUT2D eigenvalue weighted by molar-refractivity contribution is 6.08. The van der Waals surface area contributed by atoms with E-state index >= 15 is 0 Å². The largest absolute Gasteiger partial charge is 0.405 e. The molecule has 1 aliphatic heterocycles. The molecule has 0 amide bonds. The Morgan fingerprint density at radius 3 is 2.25 bits per heavy atom. The Balaban J connectivity index is 2.10. The Hall–Kier alpha value is -2.68. The van der Waals surface area contributed by atoms with E-state index in [1.807, 2.05) is 74.5 Å². The average molecular weight is 319 g/mol. The molecule has 0 N–H and O–H groups in total.